The SMILES string of the molecule is O=C(C1CCN(S(=O)(=O)c2ccccc2F)CC1)N(Cc1ccccc1)c1nc2ccccc2s1. The van der Waals surface area contributed by atoms with Crippen molar-refractivity contribution in [2.24, 2.45) is 5.92 Å². The first kappa shape index (κ1) is 23.6. The number of benzene rings is 3. The molecule has 0 saturated carbocycles. The van der Waals surface area contributed by atoms with Gasteiger partial charge in [-0.05, 0) is 42.7 Å². The number of carbonyl (C=O) groups is 1. The fourth-order valence-corrected chi connectivity index (χ4v) is 6.84. The summed E-state index contributed by atoms with van der Waals surface area (Å²) < 4.78 is 42.4. The smallest absolute Gasteiger partial charge is 0.245 e. The summed E-state index contributed by atoms with van der Waals surface area (Å²) >= 11 is 1.47. The van der Waals surface area contributed by atoms with Crippen LogP contribution >= 0.6 is 11.3 Å². The molecule has 9 heteroatoms. The van der Waals surface area contributed by atoms with E-state index in [2.05, 4.69) is 0 Å². The molecule has 0 unspecified atom stereocenters. The first-order chi connectivity index (χ1) is 16.9. The van der Waals surface area contributed by atoms with E-state index in [1.165, 1.54) is 33.8 Å². The molecule has 2 heterocycles. The summed E-state index contributed by atoms with van der Waals surface area (Å²) in [4.78, 5) is 19.8. The highest BCUT2D eigenvalue weighted by Crippen LogP contribution is 2.33. The molecule has 1 aromatic heterocycles. The maximum atomic E-state index is 14.2. The van der Waals surface area contributed by atoms with E-state index in [0.717, 1.165) is 21.8 Å². The third-order valence-electron chi connectivity index (χ3n) is 6.22. The van der Waals surface area contributed by atoms with Gasteiger partial charge >= 0.3 is 0 Å². The van der Waals surface area contributed by atoms with Crippen molar-refractivity contribution in [2.75, 3.05) is 18.0 Å². The molecule has 1 fully saturated rings. The van der Waals surface area contributed by atoms with Gasteiger partial charge in [0.05, 0.1) is 16.8 Å². The number of halogens is 1. The van der Waals surface area contributed by atoms with E-state index in [1.807, 2.05) is 54.6 Å². The number of fused-ring (bicyclic) bond motifs is 1. The van der Waals surface area contributed by atoms with Gasteiger partial charge in [0.25, 0.3) is 0 Å². The predicted octanol–water partition coefficient (Wildman–Crippen LogP) is 5.07. The summed E-state index contributed by atoms with van der Waals surface area (Å²) in [7, 11) is -3.96. The summed E-state index contributed by atoms with van der Waals surface area (Å²) in [6.07, 6.45) is 0.728. The molecule has 6 nitrogen and oxygen atoms in total. The van der Waals surface area contributed by atoms with Crippen LogP contribution in [0.15, 0.2) is 83.8 Å². The lowest BCUT2D eigenvalue weighted by Crippen LogP contribution is -2.44. The van der Waals surface area contributed by atoms with Gasteiger partial charge < -0.3 is 0 Å². The average molecular weight is 510 g/mol. The molecule has 35 heavy (non-hydrogen) atoms. The number of aromatic nitrogens is 1. The molecular formula is C26H24FN3O3S2. The lowest BCUT2D eigenvalue weighted by atomic mass is 9.96. The normalized spacial score (nSPS) is 15.3. The summed E-state index contributed by atoms with van der Waals surface area (Å²) in [6, 6.07) is 22.9. The maximum absolute atomic E-state index is 14.2. The first-order valence-corrected chi connectivity index (χ1v) is 13.6. The molecule has 0 atom stereocenters. The Kier molecular flexibility index (Phi) is 6.64. The van der Waals surface area contributed by atoms with Gasteiger partial charge in [0.1, 0.15) is 10.7 Å². The van der Waals surface area contributed by atoms with Crippen molar-refractivity contribution in [3.05, 3.63) is 90.2 Å². The molecule has 5 rings (SSSR count). The van der Waals surface area contributed by atoms with E-state index in [4.69, 9.17) is 4.98 Å². The Morgan fingerprint density at radius 3 is 2.34 bits per heavy atom. The lowest BCUT2D eigenvalue weighted by molar-refractivity contribution is -0.123. The Morgan fingerprint density at radius 2 is 1.63 bits per heavy atom. The molecular weight excluding hydrogens is 485 g/mol. The molecule has 0 spiro atoms. The zero-order chi connectivity index (χ0) is 24.4. The zero-order valence-electron chi connectivity index (χ0n) is 18.9. The van der Waals surface area contributed by atoms with Crippen molar-refractivity contribution in [2.45, 2.75) is 24.3 Å². The molecule has 1 amide bonds. The highest BCUT2D eigenvalue weighted by Gasteiger charge is 2.36. The molecule has 1 aliphatic heterocycles. The van der Waals surface area contributed by atoms with Gasteiger partial charge in [-0.25, -0.2) is 17.8 Å². The van der Waals surface area contributed by atoms with Crippen LogP contribution in [-0.2, 0) is 21.4 Å². The Bertz CT molecular complexity index is 1420. The highest BCUT2D eigenvalue weighted by atomic mass is 32.2. The van der Waals surface area contributed by atoms with Crippen LogP contribution in [0.2, 0.25) is 0 Å². The van der Waals surface area contributed by atoms with Crippen LogP contribution in [0.4, 0.5) is 9.52 Å². The number of para-hydroxylation sites is 1. The third kappa shape index (κ3) is 4.84. The zero-order valence-corrected chi connectivity index (χ0v) is 20.5. The van der Waals surface area contributed by atoms with E-state index >= 15 is 0 Å². The van der Waals surface area contributed by atoms with Crippen molar-refractivity contribution in [1.29, 1.82) is 0 Å². The summed E-state index contributed by atoms with van der Waals surface area (Å²) in [6.45, 7) is 0.700. The number of sulfonamides is 1. The number of piperidine rings is 1. The molecule has 3 aromatic carbocycles. The van der Waals surface area contributed by atoms with E-state index in [9.17, 15) is 17.6 Å². The molecule has 0 radical (unpaired) electrons. The maximum Gasteiger partial charge on any atom is 0.245 e. The predicted molar refractivity (Wildman–Crippen MR) is 135 cm³/mol. The molecule has 1 saturated heterocycles. The quantitative estimate of drug-likeness (QED) is 0.364. The van der Waals surface area contributed by atoms with Gasteiger partial charge in [0, 0.05) is 19.0 Å². The second-order valence-corrected chi connectivity index (χ2v) is 11.4. The third-order valence-corrected chi connectivity index (χ3v) is 9.21. The van der Waals surface area contributed by atoms with Crippen LogP contribution in [0.3, 0.4) is 0 Å². The number of anilines is 1. The Balaban J connectivity index is 1.37. The Hall–Kier alpha value is -3.14. The van der Waals surface area contributed by atoms with Gasteiger partial charge in [-0.15, -0.1) is 0 Å². The van der Waals surface area contributed by atoms with Crippen LogP contribution in [-0.4, -0.2) is 36.7 Å². The van der Waals surface area contributed by atoms with Crippen molar-refractivity contribution in [3.8, 4) is 0 Å². The molecule has 0 aliphatic carbocycles. The van der Waals surface area contributed by atoms with Crippen LogP contribution in [0.5, 0.6) is 0 Å². The second kappa shape index (κ2) is 9.85. The number of nitrogens with zero attached hydrogens (tertiary/aromatic N) is 3. The van der Waals surface area contributed by atoms with Gasteiger partial charge in [-0.2, -0.15) is 4.31 Å². The van der Waals surface area contributed by atoms with Crippen LogP contribution < -0.4 is 4.90 Å². The standard InChI is InChI=1S/C26H24FN3O3S2/c27-21-10-4-7-13-24(21)35(32,33)29-16-14-20(15-17-29)25(31)30(18-19-8-2-1-3-9-19)26-28-22-11-5-6-12-23(22)34-26/h1-13,20H,14-18H2. The number of amides is 1. The molecule has 1 aliphatic rings. The Labute approximate surface area is 207 Å². The Morgan fingerprint density at radius 1 is 0.971 bits per heavy atom. The number of hydrogen-bond donors (Lipinski definition) is 0. The van der Waals surface area contributed by atoms with Gasteiger partial charge in [0.2, 0.25) is 15.9 Å². The monoisotopic (exact) mass is 509 g/mol. The molecule has 4 aromatic rings. The van der Waals surface area contributed by atoms with Crippen LogP contribution in [0.1, 0.15) is 18.4 Å². The summed E-state index contributed by atoms with van der Waals surface area (Å²) in [5.74, 6) is -1.19. The average Bonchev–Trinajstić information content (AvgIpc) is 3.32. The number of hydrogen-bond acceptors (Lipinski definition) is 5. The minimum absolute atomic E-state index is 0.0733. The van der Waals surface area contributed by atoms with Gasteiger partial charge in [-0.1, -0.05) is 65.9 Å². The molecule has 180 valence electrons. The van der Waals surface area contributed by atoms with Crippen LogP contribution in [0.25, 0.3) is 10.2 Å². The summed E-state index contributed by atoms with van der Waals surface area (Å²) in [5.41, 5.74) is 1.82. The van der Waals surface area contributed by atoms with Crippen molar-refractivity contribution < 1.29 is 17.6 Å². The topological polar surface area (TPSA) is 70.6 Å². The van der Waals surface area contributed by atoms with E-state index in [-0.39, 0.29) is 29.8 Å². The number of rotatable bonds is 6. The van der Waals surface area contributed by atoms with Crippen LogP contribution in [0, 0.1) is 11.7 Å². The fraction of sp³-hybridized carbons (Fsp3) is 0.231. The minimum atomic E-state index is -3.96. The minimum Gasteiger partial charge on any atom is -0.283 e. The van der Waals surface area contributed by atoms with E-state index in [1.54, 1.807) is 4.90 Å². The van der Waals surface area contributed by atoms with E-state index < -0.39 is 15.8 Å². The highest BCUT2D eigenvalue weighted by molar-refractivity contribution is 7.89. The van der Waals surface area contributed by atoms with Crippen molar-refractivity contribution in [3.63, 3.8) is 0 Å². The van der Waals surface area contributed by atoms with E-state index in [0.29, 0.717) is 24.5 Å². The van der Waals surface area contributed by atoms with Crippen molar-refractivity contribution in [1.82, 2.24) is 9.29 Å². The molecule has 0 N–H and O–H groups in total. The second-order valence-electron chi connectivity index (χ2n) is 8.48. The number of thiazole rings is 1. The molecule has 0 bridgehead atoms. The first-order valence-electron chi connectivity index (χ1n) is 11.4. The summed E-state index contributed by atoms with van der Waals surface area (Å²) in [5, 5.41) is 0.626. The van der Waals surface area contributed by atoms with Gasteiger partial charge in [-0.3, -0.25) is 9.69 Å². The largest absolute Gasteiger partial charge is 0.283 e. The lowest BCUT2D eigenvalue weighted by Gasteiger charge is -2.33. The fourth-order valence-electron chi connectivity index (χ4n) is 4.34. The van der Waals surface area contributed by atoms with Crippen molar-refractivity contribution >= 4 is 42.6 Å². The number of carbonyl (C=O) groups excluding carboxylic acids is 1. The van der Waals surface area contributed by atoms with Gasteiger partial charge in [0.15, 0.2) is 5.13 Å².